The number of para-hydroxylation sites is 1. The van der Waals surface area contributed by atoms with Crippen LogP contribution in [0.25, 0.3) is 16.6 Å². The molecular formula is C14H13N3O. The van der Waals surface area contributed by atoms with Crippen molar-refractivity contribution in [3.8, 4) is 5.69 Å². The van der Waals surface area contributed by atoms with Gasteiger partial charge in [0.15, 0.2) is 0 Å². The first-order chi connectivity index (χ1) is 8.79. The number of nitrogens with zero attached hydrogens (tertiary/aromatic N) is 3. The van der Waals surface area contributed by atoms with Gasteiger partial charge in [0.1, 0.15) is 5.82 Å². The summed E-state index contributed by atoms with van der Waals surface area (Å²) in [5.74, 6) is 0.912. The Morgan fingerprint density at radius 2 is 2.11 bits per heavy atom. The second kappa shape index (κ2) is 4.23. The first kappa shape index (κ1) is 10.9. The van der Waals surface area contributed by atoms with E-state index < -0.39 is 0 Å². The van der Waals surface area contributed by atoms with E-state index >= 15 is 0 Å². The Bertz CT molecular complexity index is 703. The number of aryl methyl sites for hydroxylation is 1. The molecule has 0 saturated carbocycles. The van der Waals surface area contributed by atoms with Crippen LogP contribution in [0.15, 0.2) is 42.7 Å². The maximum atomic E-state index is 9.30. The summed E-state index contributed by atoms with van der Waals surface area (Å²) < 4.78 is 2.00. The normalized spacial score (nSPS) is 11.0. The minimum Gasteiger partial charge on any atom is -0.390 e. The average Bonchev–Trinajstić information content (AvgIpc) is 2.83. The molecule has 3 aromatic rings. The van der Waals surface area contributed by atoms with Crippen LogP contribution in [0.5, 0.6) is 0 Å². The highest BCUT2D eigenvalue weighted by Gasteiger charge is 2.08. The predicted molar refractivity (Wildman–Crippen MR) is 69.5 cm³/mol. The van der Waals surface area contributed by atoms with Crippen molar-refractivity contribution in [3.05, 3.63) is 54.2 Å². The van der Waals surface area contributed by atoms with Crippen LogP contribution in [0.3, 0.4) is 0 Å². The lowest BCUT2D eigenvalue weighted by Gasteiger charge is -2.10. The first-order valence-corrected chi connectivity index (χ1v) is 5.79. The summed E-state index contributed by atoms with van der Waals surface area (Å²) in [5, 5.41) is 10.4. The van der Waals surface area contributed by atoms with E-state index in [4.69, 9.17) is 0 Å². The van der Waals surface area contributed by atoms with Gasteiger partial charge in [0.25, 0.3) is 0 Å². The lowest BCUT2D eigenvalue weighted by atomic mass is 10.1. The number of aliphatic hydroxyl groups is 1. The zero-order valence-electron chi connectivity index (χ0n) is 10.0. The van der Waals surface area contributed by atoms with Gasteiger partial charge in [0, 0.05) is 17.8 Å². The van der Waals surface area contributed by atoms with E-state index in [0.29, 0.717) is 5.69 Å². The van der Waals surface area contributed by atoms with Crippen LogP contribution in [-0.4, -0.2) is 19.6 Å². The van der Waals surface area contributed by atoms with E-state index in [2.05, 4.69) is 9.97 Å². The number of aromatic nitrogens is 3. The van der Waals surface area contributed by atoms with Crippen molar-refractivity contribution >= 4 is 10.9 Å². The third kappa shape index (κ3) is 1.67. The maximum Gasteiger partial charge on any atom is 0.110 e. The van der Waals surface area contributed by atoms with Crippen molar-refractivity contribution in [2.75, 3.05) is 0 Å². The van der Waals surface area contributed by atoms with Gasteiger partial charge >= 0.3 is 0 Å². The van der Waals surface area contributed by atoms with E-state index in [1.807, 2.05) is 48.0 Å². The molecular weight excluding hydrogens is 226 g/mol. The zero-order valence-corrected chi connectivity index (χ0v) is 10.0. The van der Waals surface area contributed by atoms with Crippen LogP contribution in [0.2, 0.25) is 0 Å². The van der Waals surface area contributed by atoms with E-state index in [0.717, 1.165) is 22.4 Å². The molecule has 0 aliphatic rings. The standard InChI is InChI=1S/C14H13N3O/c1-10-15-6-7-17(10)14-8-11(9-18)16-13-5-3-2-4-12(13)14/h2-8,18H,9H2,1H3. The summed E-state index contributed by atoms with van der Waals surface area (Å²) in [6.07, 6.45) is 3.68. The number of rotatable bonds is 2. The second-order valence-electron chi connectivity index (χ2n) is 4.15. The van der Waals surface area contributed by atoms with Crippen LogP contribution in [0.1, 0.15) is 11.5 Å². The molecule has 90 valence electrons. The maximum absolute atomic E-state index is 9.30. The van der Waals surface area contributed by atoms with Crippen LogP contribution < -0.4 is 0 Å². The Morgan fingerprint density at radius 3 is 2.83 bits per heavy atom. The molecule has 0 aliphatic carbocycles. The number of aliphatic hydroxyl groups excluding tert-OH is 1. The topological polar surface area (TPSA) is 50.9 Å². The second-order valence-corrected chi connectivity index (χ2v) is 4.15. The van der Waals surface area contributed by atoms with Crippen LogP contribution >= 0.6 is 0 Å². The van der Waals surface area contributed by atoms with Crippen molar-refractivity contribution in [2.45, 2.75) is 13.5 Å². The Hall–Kier alpha value is -2.20. The Kier molecular flexibility index (Phi) is 2.57. The van der Waals surface area contributed by atoms with Crippen molar-refractivity contribution in [1.82, 2.24) is 14.5 Å². The lowest BCUT2D eigenvalue weighted by molar-refractivity contribution is 0.277. The Morgan fingerprint density at radius 1 is 1.28 bits per heavy atom. The van der Waals surface area contributed by atoms with Crippen LogP contribution in [0, 0.1) is 6.92 Å². The van der Waals surface area contributed by atoms with E-state index in [1.165, 1.54) is 0 Å². The van der Waals surface area contributed by atoms with Gasteiger partial charge in [-0.1, -0.05) is 18.2 Å². The number of pyridine rings is 1. The first-order valence-electron chi connectivity index (χ1n) is 5.79. The SMILES string of the molecule is Cc1nccn1-c1cc(CO)nc2ccccc12. The van der Waals surface area contributed by atoms with Crippen molar-refractivity contribution in [1.29, 1.82) is 0 Å². The molecule has 0 fully saturated rings. The number of benzene rings is 1. The third-order valence-corrected chi connectivity index (χ3v) is 2.99. The fourth-order valence-corrected chi connectivity index (χ4v) is 2.12. The molecule has 4 nitrogen and oxygen atoms in total. The highest BCUT2D eigenvalue weighted by Crippen LogP contribution is 2.23. The molecule has 2 heterocycles. The summed E-state index contributed by atoms with van der Waals surface area (Å²) in [7, 11) is 0. The summed E-state index contributed by atoms with van der Waals surface area (Å²) in [5.41, 5.74) is 2.55. The highest BCUT2D eigenvalue weighted by molar-refractivity contribution is 5.87. The number of imidazole rings is 1. The largest absolute Gasteiger partial charge is 0.390 e. The monoisotopic (exact) mass is 239 g/mol. The fourth-order valence-electron chi connectivity index (χ4n) is 2.12. The molecule has 18 heavy (non-hydrogen) atoms. The molecule has 0 bridgehead atoms. The Balaban J connectivity index is 2.36. The molecule has 0 unspecified atom stereocenters. The highest BCUT2D eigenvalue weighted by atomic mass is 16.3. The number of fused-ring (bicyclic) bond motifs is 1. The van der Waals surface area contributed by atoms with Gasteiger partial charge in [-0.2, -0.15) is 0 Å². The molecule has 0 saturated heterocycles. The van der Waals surface area contributed by atoms with Crippen molar-refractivity contribution < 1.29 is 5.11 Å². The van der Waals surface area contributed by atoms with Crippen LogP contribution in [0.4, 0.5) is 0 Å². The number of hydrogen-bond acceptors (Lipinski definition) is 3. The van der Waals surface area contributed by atoms with Gasteiger partial charge in [-0.15, -0.1) is 0 Å². The molecule has 0 amide bonds. The Labute approximate surface area is 105 Å². The average molecular weight is 239 g/mol. The van der Waals surface area contributed by atoms with Crippen molar-refractivity contribution in [2.24, 2.45) is 0 Å². The molecule has 1 N–H and O–H groups in total. The zero-order chi connectivity index (χ0) is 12.5. The smallest absolute Gasteiger partial charge is 0.110 e. The summed E-state index contributed by atoms with van der Waals surface area (Å²) in [4.78, 5) is 8.65. The van der Waals surface area contributed by atoms with E-state index in [1.54, 1.807) is 6.20 Å². The molecule has 2 aromatic heterocycles. The predicted octanol–water partition coefficient (Wildman–Crippen LogP) is 2.22. The van der Waals surface area contributed by atoms with Gasteiger partial charge in [0.05, 0.1) is 23.5 Å². The van der Waals surface area contributed by atoms with Gasteiger partial charge in [-0.3, -0.25) is 4.98 Å². The lowest BCUT2D eigenvalue weighted by Crippen LogP contribution is -2.00. The van der Waals surface area contributed by atoms with Gasteiger partial charge in [-0.25, -0.2) is 4.98 Å². The summed E-state index contributed by atoms with van der Waals surface area (Å²) in [6.45, 7) is 1.89. The number of hydrogen-bond donors (Lipinski definition) is 1. The third-order valence-electron chi connectivity index (χ3n) is 2.99. The molecule has 3 rings (SSSR count). The van der Waals surface area contributed by atoms with Gasteiger partial charge in [-0.05, 0) is 19.1 Å². The summed E-state index contributed by atoms with van der Waals surface area (Å²) >= 11 is 0. The molecule has 4 heteroatoms. The van der Waals surface area contributed by atoms with Gasteiger partial charge in [0.2, 0.25) is 0 Å². The minimum absolute atomic E-state index is 0.0639. The quantitative estimate of drug-likeness (QED) is 0.746. The van der Waals surface area contributed by atoms with E-state index in [9.17, 15) is 5.11 Å². The molecule has 0 spiro atoms. The molecule has 1 aromatic carbocycles. The molecule has 0 radical (unpaired) electrons. The minimum atomic E-state index is -0.0639. The fraction of sp³-hybridized carbons (Fsp3) is 0.143. The van der Waals surface area contributed by atoms with Gasteiger partial charge < -0.3 is 9.67 Å². The molecule has 0 atom stereocenters. The van der Waals surface area contributed by atoms with Crippen LogP contribution in [-0.2, 0) is 6.61 Å². The van der Waals surface area contributed by atoms with E-state index in [-0.39, 0.29) is 6.61 Å². The summed E-state index contributed by atoms with van der Waals surface area (Å²) in [6, 6.07) is 9.80. The molecule has 0 aliphatic heterocycles. The van der Waals surface area contributed by atoms with Crippen molar-refractivity contribution in [3.63, 3.8) is 0 Å².